The second kappa shape index (κ2) is 10.5. The van der Waals surface area contributed by atoms with Crippen LogP contribution in [0, 0.1) is 10.1 Å². The van der Waals surface area contributed by atoms with Gasteiger partial charge in [-0.25, -0.2) is 4.79 Å². The lowest BCUT2D eigenvalue weighted by Gasteiger charge is -2.11. The Hall–Kier alpha value is -3.79. The molecule has 0 aromatic heterocycles. The monoisotopic (exact) mass is 401 g/mol. The van der Waals surface area contributed by atoms with Gasteiger partial charge in [-0.1, -0.05) is 18.2 Å². The number of carbonyl (C=O) groups is 3. The van der Waals surface area contributed by atoms with Crippen molar-refractivity contribution in [1.29, 1.82) is 0 Å². The van der Waals surface area contributed by atoms with Crippen molar-refractivity contribution in [2.45, 2.75) is 0 Å². The molecule has 2 rings (SSSR count). The van der Waals surface area contributed by atoms with Crippen LogP contribution in [-0.2, 0) is 14.3 Å². The van der Waals surface area contributed by atoms with Crippen molar-refractivity contribution in [2.24, 2.45) is 0 Å². The van der Waals surface area contributed by atoms with Gasteiger partial charge in [0.15, 0.2) is 6.61 Å². The van der Waals surface area contributed by atoms with Gasteiger partial charge in [-0.2, -0.15) is 0 Å². The van der Waals surface area contributed by atoms with E-state index in [4.69, 9.17) is 9.47 Å². The van der Waals surface area contributed by atoms with Gasteiger partial charge in [0.05, 0.1) is 17.1 Å². The fourth-order valence-corrected chi connectivity index (χ4v) is 2.29. The fraction of sp³-hybridized carbons (Fsp3) is 0.211. The summed E-state index contributed by atoms with van der Waals surface area (Å²) in [4.78, 5) is 46.5. The highest BCUT2D eigenvalue weighted by Gasteiger charge is 2.19. The third-order valence-electron chi connectivity index (χ3n) is 3.68. The molecule has 2 aromatic rings. The lowest BCUT2D eigenvalue weighted by Crippen LogP contribution is -2.34. The number of nitrogens with one attached hydrogen (secondary N) is 2. The van der Waals surface area contributed by atoms with E-state index in [1.54, 1.807) is 18.2 Å². The molecule has 2 amide bonds. The number of nitro groups is 1. The van der Waals surface area contributed by atoms with E-state index in [9.17, 15) is 24.5 Å². The summed E-state index contributed by atoms with van der Waals surface area (Å²) in [6.07, 6.45) is 0. The zero-order valence-electron chi connectivity index (χ0n) is 15.5. The van der Waals surface area contributed by atoms with Gasteiger partial charge in [0, 0.05) is 37.0 Å². The number of hydrogen-bond donors (Lipinski definition) is 2. The normalized spacial score (nSPS) is 10.1. The maximum absolute atomic E-state index is 12.4. The number of nitrogens with zero attached hydrogens (tertiary/aromatic N) is 1. The summed E-state index contributed by atoms with van der Waals surface area (Å²) in [7, 11) is 1.50. The molecule has 0 atom stereocenters. The molecule has 0 aliphatic rings. The van der Waals surface area contributed by atoms with Crippen LogP contribution in [0.5, 0.6) is 0 Å². The first-order valence-electron chi connectivity index (χ1n) is 8.50. The molecule has 29 heavy (non-hydrogen) atoms. The maximum atomic E-state index is 12.4. The number of hydrogen-bond acceptors (Lipinski definition) is 8. The number of amides is 2. The Morgan fingerprint density at radius 1 is 1.10 bits per heavy atom. The number of rotatable bonds is 9. The highest BCUT2D eigenvalue weighted by atomic mass is 16.6. The Kier molecular flexibility index (Phi) is 7.80. The zero-order valence-corrected chi connectivity index (χ0v) is 15.5. The van der Waals surface area contributed by atoms with Crippen molar-refractivity contribution in [3.05, 3.63) is 69.8 Å². The van der Waals surface area contributed by atoms with Crippen LogP contribution in [0.4, 0.5) is 11.4 Å². The summed E-state index contributed by atoms with van der Waals surface area (Å²) in [5.41, 5.74) is 0.143. The Morgan fingerprint density at radius 3 is 2.48 bits per heavy atom. The van der Waals surface area contributed by atoms with E-state index in [0.29, 0.717) is 18.8 Å². The van der Waals surface area contributed by atoms with Gasteiger partial charge >= 0.3 is 5.97 Å². The summed E-state index contributed by atoms with van der Waals surface area (Å²) in [6, 6.07) is 11.7. The van der Waals surface area contributed by atoms with E-state index in [1.165, 1.54) is 31.4 Å². The second-order valence-electron chi connectivity index (χ2n) is 5.73. The van der Waals surface area contributed by atoms with Crippen LogP contribution in [0.1, 0.15) is 20.7 Å². The highest BCUT2D eigenvalue weighted by Crippen LogP contribution is 2.23. The number of benzene rings is 2. The average Bonchev–Trinajstić information content (AvgIpc) is 2.72. The minimum absolute atomic E-state index is 0.113. The number of anilines is 1. The molecule has 0 saturated carbocycles. The van der Waals surface area contributed by atoms with E-state index in [-0.39, 0.29) is 16.8 Å². The minimum atomic E-state index is -0.948. The largest absolute Gasteiger partial charge is 0.452 e. The number of methoxy groups -OCH3 is 1. The quantitative estimate of drug-likeness (QED) is 0.281. The van der Waals surface area contributed by atoms with Crippen LogP contribution < -0.4 is 10.6 Å². The molecule has 0 aliphatic heterocycles. The van der Waals surface area contributed by atoms with Crippen molar-refractivity contribution in [3.63, 3.8) is 0 Å². The minimum Gasteiger partial charge on any atom is -0.452 e. The molecule has 2 aromatic carbocycles. The molecule has 2 N–H and O–H groups in total. The van der Waals surface area contributed by atoms with Gasteiger partial charge in [-0.3, -0.25) is 25.0 Å². The number of non-ortho nitro benzene ring substituents is 1. The van der Waals surface area contributed by atoms with E-state index < -0.39 is 29.3 Å². The third-order valence-corrected chi connectivity index (χ3v) is 3.68. The van der Waals surface area contributed by atoms with Crippen molar-refractivity contribution >= 4 is 29.2 Å². The number of ether oxygens (including phenoxy) is 2. The predicted octanol–water partition coefficient (Wildman–Crippen LogP) is 1.77. The van der Waals surface area contributed by atoms with Crippen LogP contribution in [0.2, 0.25) is 0 Å². The Balaban J connectivity index is 2.02. The Labute approximate surface area is 166 Å². The zero-order chi connectivity index (χ0) is 21.2. The topological polar surface area (TPSA) is 137 Å². The molecule has 0 aliphatic carbocycles. The van der Waals surface area contributed by atoms with Crippen LogP contribution >= 0.6 is 0 Å². The van der Waals surface area contributed by atoms with Crippen molar-refractivity contribution in [1.82, 2.24) is 5.32 Å². The molecular weight excluding hydrogens is 382 g/mol. The van der Waals surface area contributed by atoms with E-state index in [2.05, 4.69) is 10.6 Å². The second-order valence-corrected chi connectivity index (χ2v) is 5.73. The van der Waals surface area contributed by atoms with Crippen LogP contribution in [0.15, 0.2) is 48.5 Å². The summed E-state index contributed by atoms with van der Waals surface area (Å²) in [5.74, 6) is -2.41. The maximum Gasteiger partial charge on any atom is 0.341 e. The molecule has 10 nitrogen and oxygen atoms in total. The summed E-state index contributed by atoms with van der Waals surface area (Å²) >= 11 is 0. The highest BCUT2D eigenvalue weighted by molar-refractivity contribution is 6.05. The SMILES string of the molecule is COCCNc1ccc([N+](=O)[O-])cc1C(=O)OCC(=O)NC(=O)c1ccccc1. The first kappa shape index (κ1) is 21.5. The van der Waals surface area contributed by atoms with Gasteiger partial charge in [0.1, 0.15) is 0 Å². The van der Waals surface area contributed by atoms with Gasteiger partial charge in [-0.15, -0.1) is 0 Å². The third kappa shape index (κ3) is 6.40. The molecule has 0 saturated heterocycles. The van der Waals surface area contributed by atoms with Crippen molar-refractivity contribution in [2.75, 3.05) is 32.2 Å². The summed E-state index contributed by atoms with van der Waals surface area (Å²) < 4.78 is 9.82. The van der Waals surface area contributed by atoms with Crippen molar-refractivity contribution in [3.8, 4) is 0 Å². The number of imide groups is 1. The first-order valence-corrected chi connectivity index (χ1v) is 8.50. The molecule has 0 spiro atoms. The van der Waals surface area contributed by atoms with Crippen LogP contribution in [0.3, 0.4) is 0 Å². The molecule has 152 valence electrons. The molecule has 0 radical (unpaired) electrons. The van der Waals surface area contributed by atoms with Crippen molar-refractivity contribution < 1.29 is 28.8 Å². The standard InChI is InChI=1S/C19H19N3O7/c1-28-10-9-20-16-8-7-14(22(26)27)11-15(16)19(25)29-12-17(23)21-18(24)13-5-3-2-4-6-13/h2-8,11,20H,9-10,12H2,1H3,(H,21,23,24). The molecule has 10 heteroatoms. The van der Waals surface area contributed by atoms with Crippen LogP contribution in [-0.4, -0.2) is 49.6 Å². The summed E-state index contributed by atoms with van der Waals surface area (Å²) in [6.45, 7) is -0.0340. The Bertz CT molecular complexity index is 900. The average molecular weight is 401 g/mol. The predicted molar refractivity (Wildman–Crippen MR) is 103 cm³/mol. The lowest BCUT2D eigenvalue weighted by molar-refractivity contribution is -0.384. The Morgan fingerprint density at radius 2 is 1.83 bits per heavy atom. The van der Waals surface area contributed by atoms with Gasteiger partial charge in [0.2, 0.25) is 0 Å². The van der Waals surface area contributed by atoms with Gasteiger partial charge < -0.3 is 14.8 Å². The molecule has 0 heterocycles. The van der Waals surface area contributed by atoms with E-state index >= 15 is 0 Å². The van der Waals surface area contributed by atoms with E-state index in [0.717, 1.165) is 6.07 Å². The molecule has 0 bridgehead atoms. The van der Waals surface area contributed by atoms with Gasteiger partial charge in [-0.05, 0) is 18.2 Å². The molecule has 0 unspecified atom stereocenters. The number of esters is 1. The number of nitro benzene ring substituents is 1. The fourth-order valence-electron chi connectivity index (χ4n) is 2.29. The van der Waals surface area contributed by atoms with E-state index in [1.807, 2.05) is 0 Å². The molecular formula is C19H19N3O7. The van der Waals surface area contributed by atoms with Crippen LogP contribution in [0.25, 0.3) is 0 Å². The summed E-state index contributed by atoms with van der Waals surface area (Å²) in [5, 5.41) is 16.0. The van der Waals surface area contributed by atoms with Gasteiger partial charge in [0.25, 0.3) is 17.5 Å². The first-order chi connectivity index (χ1) is 13.9. The number of carbonyl (C=O) groups excluding carboxylic acids is 3. The molecule has 0 fully saturated rings. The lowest BCUT2D eigenvalue weighted by atomic mass is 10.1. The smallest absolute Gasteiger partial charge is 0.341 e.